The number of non-ortho nitro benzene ring substituents is 1. The van der Waals surface area contributed by atoms with Gasteiger partial charge in [0.25, 0.3) is 5.69 Å². The van der Waals surface area contributed by atoms with Gasteiger partial charge in [0.05, 0.1) is 17.1 Å². The highest BCUT2D eigenvalue weighted by Crippen LogP contribution is 2.23. The van der Waals surface area contributed by atoms with Crippen LogP contribution in [-0.4, -0.2) is 24.1 Å². The molecule has 0 amide bonds. The second-order valence-electron chi connectivity index (χ2n) is 3.30. The number of hydrogen-bond acceptors (Lipinski definition) is 4. The maximum atomic E-state index is 13.0. The molecule has 0 aromatic heterocycles. The lowest BCUT2D eigenvalue weighted by Crippen LogP contribution is -2.50. The molecule has 1 fully saturated rings. The van der Waals surface area contributed by atoms with Gasteiger partial charge in [0.2, 0.25) is 0 Å². The molecule has 0 atom stereocenters. The highest BCUT2D eigenvalue weighted by Gasteiger charge is 2.20. The number of ether oxygens (including phenoxy) is 1. The lowest BCUT2D eigenvalue weighted by molar-refractivity contribution is -0.385. The third-order valence-electron chi connectivity index (χ3n) is 2.11. The first-order chi connectivity index (χ1) is 7.15. The van der Waals surface area contributed by atoms with Crippen molar-refractivity contribution in [2.75, 3.05) is 13.1 Å². The molecule has 0 aliphatic carbocycles. The lowest BCUT2D eigenvalue weighted by Gasteiger charge is -2.27. The molecular weight excluding hydrogens is 203 g/mol. The van der Waals surface area contributed by atoms with Crippen molar-refractivity contribution in [3.63, 3.8) is 0 Å². The summed E-state index contributed by atoms with van der Waals surface area (Å²) in [5, 5.41) is 13.4. The predicted octanol–water partition coefficient (Wildman–Crippen LogP) is 1.08. The highest BCUT2D eigenvalue weighted by atomic mass is 19.1. The summed E-state index contributed by atoms with van der Waals surface area (Å²) < 4.78 is 18.3. The molecule has 80 valence electrons. The third kappa shape index (κ3) is 2.21. The van der Waals surface area contributed by atoms with E-state index in [2.05, 4.69) is 5.32 Å². The molecule has 1 aromatic carbocycles. The fourth-order valence-corrected chi connectivity index (χ4v) is 1.26. The van der Waals surface area contributed by atoms with Gasteiger partial charge in [-0.3, -0.25) is 10.1 Å². The molecule has 6 heteroatoms. The minimum Gasteiger partial charge on any atom is -0.487 e. The first-order valence-electron chi connectivity index (χ1n) is 4.47. The zero-order valence-corrected chi connectivity index (χ0v) is 7.77. The van der Waals surface area contributed by atoms with E-state index in [9.17, 15) is 14.5 Å². The Bertz CT molecular complexity index is 393. The molecule has 0 saturated carbocycles. The normalized spacial score (nSPS) is 15.8. The fraction of sp³-hybridized carbons (Fsp3) is 0.333. The van der Waals surface area contributed by atoms with Gasteiger partial charge in [0.15, 0.2) is 0 Å². The quantitative estimate of drug-likeness (QED) is 0.601. The van der Waals surface area contributed by atoms with Gasteiger partial charge in [-0.2, -0.15) is 0 Å². The Hall–Kier alpha value is -1.69. The average Bonchev–Trinajstić information content (AvgIpc) is 2.10. The zero-order chi connectivity index (χ0) is 10.8. The summed E-state index contributed by atoms with van der Waals surface area (Å²) in [4.78, 5) is 9.80. The Morgan fingerprint density at radius 2 is 2.20 bits per heavy atom. The second-order valence-corrected chi connectivity index (χ2v) is 3.30. The van der Waals surface area contributed by atoms with E-state index < -0.39 is 10.7 Å². The van der Waals surface area contributed by atoms with Crippen LogP contribution in [0.2, 0.25) is 0 Å². The summed E-state index contributed by atoms with van der Waals surface area (Å²) in [7, 11) is 0. The molecule has 2 rings (SSSR count). The summed E-state index contributed by atoms with van der Waals surface area (Å²) in [6.07, 6.45) is -0.0218. The van der Waals surface area contributed by atoms with Crippen LogP contribution in [-0.2, 0) is 0 Å². The fourth-order valence-electron chi connectivity index (χ4n) is 1.26. The van der Waals surface area contributed by atoms with Gasteiger partial charge >= 0.3 is 0 Å². The topological polar surface area (TPSA) is 64.4 Å². The number of nitro groups is 1. The first-order valence-corrected chi connectivity index (χ1v) is 4.47. The van der Waals surface area contributed by atoms with E-state index in [1.807, 2.05) is 0 Å². The number of nitrogens with zero attached hydrogens (tertiary/aromatic N) is 1. The zero-order valence-electron chi connectivity index (χ0n) is 7.77. The summed E-state index contributed by atoms with van der Waals surface area (Å²) in [5.41, 5.74) is -0.294. The van der Waals surface area contributed by atoms with Crippen LogP contribution >= 0.6 is 0 Å². The minimum atomic E-state index is -0.661. The molecule has 0 spiro atoms. The minimum absolute atomic E-state index is 0.0218. The Morgan fingerprint density at radius 3 is 2.73 bits per heavy atom. The molecule has 0 unspecified atom stereocenters. The smallest absolute Gasteiger partial charge is 0.276 e. The van der Waals surface area contributed by atoms with E-state index in [4.69, 9.17) is 4.74 Å². The van der Waals surface area contributed by atoms with E-state index in [1.54, 1.807) is 0 Å². The summed E-state index contributed by atoms with van der Waals surface area (Å²) in [5.74, 6) is -0.459. The highest BCUT2D eigenvalue weighted by molar-refractivity contribution is 5.39. The van der Waals surface area contributed by atoms with Crippen molar-refractivity contribution in [1.82, 2.24) is 5.32 Å². The molecular formula is C9H9FN2O3. The van der Waals surface area contributed by atoms with Gasteiger partial charge in [-0.1, -0.05) is 0 Å². The van der Waals surface area contributed by atoms with Crippen molar-refractivity contribution >= 4 is 5.69 Å². The van der Waals surface area contributed by atoms with Crippen molar-refractivity contribution in [3.8, 4) is 5.75 Å². The van der Waals surface area contributed by atoms with Gasteiger partial charge in [-0.15, -0.1) is 0 Å². The number of hydrogen-bond donors (Lipinski definition) is 1. The molecule has 0 bridgehead atoms. The summed E-state index contributed by atoms with van der Waals surface area (Å²) in [6.45, 7) is 1.37. The number of nitrogens with one attached hydrogen (secondary N) is 1. The number of benzene rings is 1. The largest absolute Gasteiger partial charge is 0.487 e. The van der Waals surface area contributed by atoms with Crippen molar-refractivity contribution in [3.05, 3.63) is 34.1 Å². The van der Waals surface area contributed by atoms with Crippen LogP contribution in [0.5, 0.6) is 5.75 Å². The van der Waals surface area contributed by atoms with Crippen LogP contribution in [0, 0.1) is 15.9 Å². The Labute approximate surface area is 85.0 Å². The van der Waals surface area contributed by atoms with Crippen LogP contribution < -0.4 is 10.1 Å². The first kappa shape index (κ1) is 9.85. The molecule has 0 radical (unpaired) electrons. The monoisotopic (exact) mass is 212 g/mol. The molecule has 1 heterocycles. The van der Waals surface area contributed by atoms with Gasteiger partial charge in [-0.25, -0.2) is 4.39 Å². The predicted molar refractivity (Wildman–Crippen MR) is 50.3 cm³/mol. The van der Waals surface area contributed by atoms with E-state index in [0.717, 1.165) is 12.1 Å². The SMILES string of the molecule is O=[N+]([O-])c1cc(F)cc(OC2CNC2)c1. The maximum Gasteiger partial charge on any atom is 0.276 e. The number of nitro benzene ring substituents is 1. The van der Waals surface area contributed by atoms with Gasteiger partial charge < -0.3 is 10.1 Å². The number of halogens is 1. The molecule has 1 aromatic rings. The molecule has 1 N–H and O–H groups in total. The Balaban J connectivity index is 2.18. The van der Waals surface area contributed by atoms with E-state index in [0.29, 0.717) is 13.1 Å². The molecule has 1 aliphatic heterocycles. The number of rotatable bonds is 3. The summed E-state index contributed by atoms with van der Waals surface area (Å²) in [6, 6.07) is 3.23. The average molecular weight is 212 g/mol. The summed E-state index contributed by atoms with van der Waals surface area (Å²) >= 11 is 0. The van der Waals surface area contributed by atoms with Gasteiger partial charge in [0.1, 0.15) is 17.7 Å². The van der Waals surface area contributed by atoms with Crippen LogP contribution in [0.15, 0.2) is 18.2 Å². The van der Waals surface area contributed by atoms with Gasteiger partial charge in [-0.05, 0) is 0 Å². The van der Waals surface area contributed by atoms with E-state index in [-0.39, 0.29) is 17.5 Å². The second kappa shape index (κ2) is 3.82. The molecule has 1 aliphatic rings. The molecule has 15 heavy (non-hydrogen) atoms. The van der Waals surface area contributed by atoms with E-state index in [1.165, 1.54) is 6.07 Å². The van der Waals surface area contributed by atoms with Crippen LogP contribution in [0.3, 0.4) is 0 Å². The van der Waals surface area contributed by atoms with Crippen molar-refractivity contribution in [2.45, 2.75) is 6.10 Å². The van der Waals surface area contributed by atoms with Crippen molar-refractivity contribution in [2.24, 2.45) is 0 Å². The standard InChI is InChI=1S/C9H9FN2O3/c10-6-1-7(12(13)14)3-8(2-6)15-9-4-11-5-9/h1-3,9,11H,4-5H2. The third-order valence-corrected chi connectivity index (χ3v) is 2.11. The maximum absolute atomic E-state index is 13.0. The molecule has 5 nitrogen and oxygen atoms in total. The van der Waals surface area contributed by atoms with Gasteiger partial charge in [0, 0.05) is 19.2 Å². The Morgan fingerprint density at radius 1 is 1.47 bits per heavy atom. The Kier molecular flexibility index (Phi) is 2.51. The van der Waals surface area contributed by atoms with Crippen LogP contribution in [0.1, 0.15) is 0 Å². The van der Waals surface area contributed by atoms with Crippen LogP contribution in [0.4, 0.5) is 10.1 Å². The lowest BCUT2D eigenvalue weighted by atomic mass is 10.2. The van der Waals surface area contributed by atoms with Crippen LogP contribution in [0.25, 0.3) is 0 Å². The molecule has 1 saturated heterocycles. The van der Waals surface area contributed by atoms with Crippen molar-refractivity contribution in [1.29, 1.82) is 0 Å². The van der Waals surface area contributed by atoms with Crippen molar-refractivity contribution < 1.29 is 14.1 Å². The van der Waals surface area contributed by atoms with E-state index >= 15 is 0 Å².